The summed E-state index contributed by atoms with van der Waals surface area (Å²) in [4.78, 5) is 23.7. The number of carbonyl (C=O) groups is 1. The molecule has 4 rings (SSSR count). The minimum absolute atomic E-state index is 0.0365. The highest BCUT2D eigenvalue weighted by molar-refractivity contribution is 5.56. The van der Waals surface area contributed by atoms with Gasteiger partial charge in [-0.05, 0) is 31.7 Å². The van der Waals surface area contributed by atoms with Gasteiger partial charge in [-0.3, -0.25) is 0 Å². The summed E-state index contributed by atoms with van der Waals surface area (Å²) in [6.45, 7) is 2.58. The van der Waals surface area contributed by atoms with Gasteiger partial charge in [0.15, 0.2) is 6.23 Å². The van der Waals surface area contributed by atoms with E-state index in [1.807, 2.05) is 0 Å². The molecule has 1 saturated carbocycles. The predicted molar refractivity (Wildman–Crippen MR) is 89.7 cm³/mol. The molecule has 2 aromatic rings. The number of nitrogens with zero attached hydrogens (tertiary/aromatic N) is 3. The van der Waals surface area contributed by atoms with Crippen LogP contribution in [-0.4, -0.2) is 25.6 Å². The maximum atomic E-state index is 12.8. The maximum absolute atomic E-state index is 12.8. The molecule has 0 saturated heterocycles. The Bertz CT molecular complexity index is 861. The van der Waals surface area contributed by atoms with Gasteiger partial charge < -0.3 is 9.84 Å². The van der Waals surface area contributed by atoms with E-state index in [4.69, 9.17) is 9.84 Å². The first-order valence-electron chi connectivity index (χ1n) is 8.63. The molecule has 132 valence electrons. The first-order valence-corrected chi connectivity index (χ1v) is 8.63. The Hall–Kier alpha value is -2.57. The summed E-state index contributed by atoms with van der Waals surface area (Å²) < 4.78 is 7.78. The highest BCUT2D eigenvalue weighted by Gasteiger charge is 2.45. The topological polar surface area (TPSA) is 86.4 Å². The summed E-state index contributed by atoms with van der Waals surface area (Å²) in [5, 5.41) is 13.4. The molecule has 1 aliphatic carbocycles. The summed E-state index contributed by atoms with van der Waals surface area (Å²) in [6.07, 6.45) is 1.86. The largest absolute Gasteiger partial charge is 0.507 e. The van der Waals surface area contributed by atoms with E-state index in [0.717, 1.165) is 19.3 Å². The fourth-order valence-electron chi connectivity index (χ4n) is 3.70. The minimum atomic E-state index is -1.36. The zero-order valence-corrected chi connectivity index (χ0v) is 14.1. The molecule has 0 bridgehead atoms. The molecule has 1 aromatic carbocycles. The van der Waals surface area contributed by atoms with E-state index >= 15 is 0 Å². The van der Waals surface area contributed by atoms with Crippen LogP contribution in [0.5, 0.6) is 0 Å². The molecule has 7 nitrogen and oxygen atoms in total. The van der Waals surface area contributed by atoms with Crippen LogP contribution < -0.4 is 5.69 Å². The Kier molecular flexibility index (Phi) is 3.67. The summed E-state index contributed by atoms with van der Waals surface area (Å²) in [5.74, 6) is 0.613. The number of aryl methyl sites for hydroxylation is 2. The van der Waals surface area contributed by atoms with Gasteiger partial charge in [0.2, 0.25) is 0 Å². The first-order chi connectivity index (χ1) is 12.0. The van der Waals surface area contributed by atoms with E-state index < -0.39 is 12.4 Å². The van der Waals surface area contributed by atoms with E-state index in [0.29, 0.717) is 25.2 Å². The number of hydrogen-bond donors (Lipinski definition) is 1. The molecule has 1 N–H and O–H groups in total. The van der Waals surface area contributed by atoms with Crippen molar-refractivity contribution in [1.29, 1.82) is 0 Å². The van der Waals surface area contributed by atoms with Crippen LogP contribution in [0.2, 0.25) is 0 Å². The van der Waals surface area contributed by atoms with Crippen LogP contribution in [0.15, 0.2) is 29.1 Å². The predicted octanol–water partition coefficient (Wildman–Crippen LogP) is 2.61. The lowest BCUT2D eigenvalue weighted by atomic mass is 9.95. The Morgan fingerprint density at radius 2 is 2.08 bits per heavy atom. The second-order valence-corrected chi connectivity index (χ2v) is 7.10. The molecular weight excluding hydrogens is 322 g/mol. The van der Waals surface area contributed by atoms with Crippen molar-refractivity contribution in [2.45, 2.75) is 57.2 Å². The zero-order chi connectivity index (χ0) is 17.6. The average molecular weight is 343 g/mol. The molecule has 25 heavy (non-hydrogen) atoms. The monoisotopic (exact) mass is 343 g/mol. The third kappa shape index (κ3) is 2.83. The highest BCUT2D eigenvalue weighted by atomic mass is 16.7. The molecule has 2 heterocycles. The number of ether oxygens (including phenoxy) is 1. The van der Waals surface area contributed by atoms with Gasteiger partial charge in [-0.1, -0.05) is 29.8 Å². The lowest BCUT2D eigenvalue weighted by Crippen LogP contribution is -2.34. The summed E-state index contributed by atoms with van der Waals surface area (Å²) in [6, 6.07) is 8.43. The quantitative estimate of drug-likeness (QED) is 0.863. The Morgan fingerprint density at radius 3 is 2.72 bits per heavy atom. The number of fused-ring (bicyclic) bond motifs is 1. The second-order valence-electron chi connectivity index (χ2n) is 7.10. The van der Waals surface area contributed by atoms with E-state index in [1.165, 1.54) is 20.4 Å². The number of rotatable bonds is 4. The zero-order valence-electron chi connectivity index (χ0n) is 14.1. The average Bonchev–Trinajstić information content (AvgIpc) is 3.27. The molecule has 2 aliphatic rings. The molecule has 0 radical (unpaired) electrons. The van der Waals surface area contributed by atoms with E-state index in [1.54, 1.807) is 0 Å². The van der Waals surface area contributed by atoms with Gasteiger partial charge in [-0.25, -0.2) is 18.8 Å². The van der Waals surface area contributed by atoms with Gasteiger partial charge in [0.1, 0.15) is 5.82 Å². The van der Waals surface area contributed by atoms with Crippen LogP contribution >= 0.6 is 0 Å². The van der Waals surface area contributed by atoms with E-state index in [9.17, 15) is 9.59 Å². The Morgan fingerprint density at radius 1 is 1.36 bits per heavy atom. The van der Waals surface area contributed by atoms with Crippen molar-refractivity contribution in [3.8, 4) is 0 Å². The molecule has 1 aromatic heterocycles. The van der Waals surface area contributed by atoms with Crippen LogP contribution in [0.1, 0.15) is 48.9 Å². The van der Waals surface area contributed by atoms with Gasteiger partial charge in [-0.15, -0.1) is 0 Å². The Balaban J connectivity index is 1.64. The third-order valence-electron chi connectivity index (χ3n) is 5.29. The van der Waals surface area contributed by atoms with Crippen LogP contribution in [0.3, 0.4) is 0 Å². The SMILES string of the molecule is Cc1ccc(C2(Cn3nc4n(c3=O)[C@@H](OC(=O)O)CCC4)CC2)cc1. The summed E-state index contributed by atoms with van der Waals surface area (Å²) in [7, 11) is 0. The number of benzene rings is 1. The van der Waals surface area contributed by atoms with Gasteiger partial charge in [0.25, 0.3) is 0 Å². The molecule has 0 spiro atoms. The lowest BCUT2D eigenvalue weighted by molar-refractivity contribution is 0.00388. The number of hydrogen-bond acceptors (Lipinski definition) is 4. The van der Waals surface area contributed by atoms with Crippen LogP contribution in [0.25, 0.3) is 0 Å². The first kappa shape index (κ1) is 15.9. The summed E-state index contributed by atoms with van der Waals surface area (Å²) >= 11 is 0. The van der Waals surface area contributed by atoms with Crippen LogP contribution in [-0.2, 0) is 23.1 Å². The van der Waals surface area contributed by atoms with Crippen molar-refractivity contribution < 1.29 is 14.6 Å². The van der Waals surface area contributed by atoms with Gasteiger partial charge in [0, 0.05) is 18.3 Å². The van der Waals surface area contributed by atoms with Gasteiger partial charge >= 0.3 is 11.8 Å². The highest BCUT2D eigenvalue weighted by Crippen LogP contribution is 2.49. The van der Waals surface area contributed by atoms with Gasteiger partial charge in [-0.2, -0.15) is 5.10 Å². The molecule has 1 fully saturated rings. The fraction of sp³-hybridized carbons (Fsp3) is 0.500. The lowest BCUT2D eigenvalue weighted by Gasteiger charge is -2.21. The maximum Gasteiger partial charge on any atom is 0.507 e. The van der Waals surface area contributed by atoms with Crippen molar-refractivity contribution >= 4 is 6.16 Å². The van der Waals surface area contributed by atoms with Crippen molar-refractivity contribution in [1.82, 2.24) is 14.3 Å². The molecule has 0 amide bonds. The van der Waals surface area contributed by atoms with Crippen molar-refractivity contribution in [3.05, 3.63) is 51.7 Å². The molecule has 1 aliphatic heterocycles. The van der Waals surface area contributed by atoms with Crippen molar-refractivity contribution in [2.75, 3.05) is 0 Å². The molecular formula is C18H21N3O4. The number of carboxylic acid groups (broad SMARTS) is 1. The van der Waals surface area contributed by atoms with Crippen molar-refractivity contribution in [3.63, 3.8) is 0 Å². The minimum Gasteiger partial charge on any atom is -0.450 e. The molecule has 1 atom stereocenters. The summed E-state index contributed by atoms with van der Waals surface area (Å²) in [5.41, 5.74) is 2.13. The Labute approximate surface area is 144 Å². The van der Waals surface area contributed by atoms with Crippen LogP contribution in [0, 0.1) is 6.92 Å². The number of aromatic nitrogens is 3. The molecule has 7 heteroatoms. The fourth-order valence-corrected chi connectivity index (χ4v) is 3.70. The van der Waals surface area contributed by atoms with Gasteiger partial charge in [0.05, 0.1) is 6.54 Å². The molecule has 0 unspecified atom stereocenters. The van der Waals surface area contributed by atoms with Crippen LogP contribution in [0.4, 0.5) is 4.79 Å². The van der Waals surface area contributed by atoms with E-state index in [-0.39, 0.29) is 11.1 Å². The van der Waals surface area contributed by atoms with E-state index in [2.05, 4.69) is 36.3 Å². The standard InChI is InChI=1S/C18H21N3O4/c1-12-5-7-13(8-6-12)18(9-10-18)11-20-16(22)21-14(19-20)3-2-4-15(21)25-17(23)24/h5-8,15H,2-4,9-11H2,1H3,(H,23,24)/t15-/m0/s1. The second kappa shape index (κ2) is 5.75. The smallest absolute Gasteiger partial charge is 0.450 e. The normalized spacial score (nSPS) is 20.8. The third-order valence-corrected chi connectivity index (χ3v) is 5.29. The van der Waals surface area contributed by atoms with Crippen molar-refractivity contribution in [2.24, 2.45) is 0 Å².